The van der Waals surface area contributed by atoms with Crippen LogP contribution in [0.25, 0.3) is 0 Å². The van der Waals surface area contributed by atoms with Crippen molar-refractivity contribution in [2.75, 3.05) is 0 Å². The molecule has 0 aromatic heterocycles. The maximum absolute atomic E-state index is 11.6. The van der Waals surface area contributed by atoms with E-state index in [1.165, 1.54) is 6.08 Å². The minimum absolute atomic E-state index is 0.0284. The molecule has 0 saturated heterocycles. The van der Waals surface area contributed by atoms with Gasteiger partial charge < -0.3 is 5.11 Å². The van der Waals surface area contributed by atoms with Crippen molar-refractivity contribution in [1.29, 1.82) is 0 Å². The summed E-state index contributed by atoms with van der Waals surface area (Å²) in [5.74, 6) is -0.336. The molecule has 100 valence electrons. The van der Waals surface area contributed by atoms with E-state index >= 15 is 0 Å². The van der Waals surface area contributed by atoms with Crippen molar-refractivity contribution in [3.63, 3.8) is 0 Å². The second-order valence-corrected chi connectivity index (χ2v) is 5.94. The molecule has 1 unspecified atom stereocenters. The van der Waals surface area contributed by atoms with Gasteiger partial charge in [-0.2, -0.15) is 0 Å². The lowest BCUT2D eigenvalue weighted by Gasteiger charge is -2.37. The van der Waals surface area contributed by atoms with Gasteiger partial charge >= 0.3 is 5.97 Å². The summed E-state index contributed by atoms with van der Waals surface area (Å²) in [6.45, 7) is 8.07. The van der Waals surface area contributed by atoms with Gasteiger partial charge in [-0.15, -0.1) is 0 Å². The number of hydrogen-bond donors (Lipinski definition) is 1. The zero-order chi connectivity index (χ0) is 13.9. The van der Waals surface area contributed by atoms with Crippen molar-refractivity contribution in [3.05, 3.63) is 23.3 Å². The lowest BCUT2D eigenvalue weighted by Crippen LogP contribution is -2.31. The molecule has 1 aliphatic carbocycles. The summed E-state index contributed by atoms with van der Waals surface area (Å²) >= 11 is 0. The molecule has 0 radical (unpaired) electrons. The molecule has 1 atom stereocenters. The summed E-state index contributed by atoms with van der Waals surface area (Å²) in [6, 6.07) is 0. The lowest BCUT2D eigenvalue weighted by molar-refractivity contribution is -0.131. The number of allylic oxidation sites excluding steroid dienone is 3. The zero-order valence-electron chi connectivity index (χ0n) is 11.6. The average Bonchev–Trinajstić information content (AvgIpc) is 2.12. The Hall–Kier alpha value is -1.38. The maximum atomic E-state index is 11.6. The smallest absolute Gasteiger partial charge is 0.328 e. The number of ketones is 1. The molecule has 3 heteroatoms. The lowest BCUT2D eigenvalue weighted by atomic mass is 9.66. The predicted octanol–water partition coefficient (Wildman–Crippen LogP) is 3.36. The molecule has 0 saturated carbocycles. The highest BCUT2D eigenvalue weighted by molar-refractivity contribution is 5.92. The minimum Gasteiger partial charge on any atom is -0.478 e. The SMILES string of the molecule is CC1=CC(=O)CC(C)(C)C1CC/C(C)=C/C(=O)O. The summed E-state index contributed by atoms with van der Waals surface area (Å²) in [6.07, 6.45) is 5.25. The van der Waals surface area contributed by atoms with Crippen molar-refractivity contribution in [2.24, 2.45) is 11.3 Å². The van der Waals surface area contributed by atoms with Crippen LogP contribution in [0.15, 0.2) is 23.3 Å². The number of carbonyl (C=O) groups is 2. The number of rotatable bonds is 4. The zero-order valence-corrected chi connectivity index (χ0v) is 11.6. The van der Waals surface area contributed by atoms with Crippen molar-refractivity contribution in [1.82, 2.24) is 0 Å². The van der Waals surface area contributed by atoms with Crippen LogP contribution in [-0.2, 0) is 9.59 Å². The van der Waals surface area contributed by atoms with Crippen molar-refractivity contribution in [3.8, 4) is 0 Å². The van der Waals surface area contributed by atoms with E-state index in [2.05, 4.69) is 13.8 Å². The van der Waals surface area contributed by atoms with Gasteiger partial charge in [-0.05, 0) is 44.1 Å². The van der Waals surface area contributed by atoms with Gasteiger partial charge in [-0.25, -0.2) is 4.79 Å². The van der Waals surface area contributed by atoms with Gasteiger partial charge in [0.1, 0.15) is 0 Å². The molecule has 0 heterocycles. The first-order valence-corrected chi connectivity index (χ1v) is 6.33. The van der Waals surface area contributed by atoms with E-state index in [-0.39, 0.29) is 11.2 Å². The maximum Gasteiger partial charge on any atom is 0.328 e. The highest BCUT2D eigenvalue weighted by atomic mass is 16.4. The Morgan fingerprint density at radius 2 is 2.17 bits per heavy atom. The number of aliphatic carboxylic acids is 1. The van der Waals surface area contributed by atoms with E-state index in [0.717, 1.165) is 24.0 Å². The van der Waals surface area contributed by atoms with E-state index in [4.69, 9.17) is 5.11 Å². The molecule has 1 rings (SSSR count). The van der Waals surface area contributed by atoms with Gasteiger partial charge in [0.25, 0.3) is 0 Å². The number of hydrogen-bond acceptors (Lipinski definition) is 2. The fraction of sp³-hybridized carbons (Fsp3) is 0.600. The Kier molecular flexibility index (Phi) is 4.49. The molecule has 0 fully saturated rings. The molecule has 0 aliphatic heterocycles. The third kappa shape index (κ3) is 3.83. The first-order valence-electron chi connectivity index (χ1n) is 6.33. The summed E-state index contributed by atoms with van der Waals surface area (Å²) < 4.78 is 0. The van der Waals surface area contributed by atoms with Crippen LogP contribution < -0.4 is 0 Å². The second-order valence-electron chi connectivity index (χ2n) is 5.94. The van der Waals surface area contributed by atoms with Crippen LogP contribution in [0, 0.1) is 11.3 Å². The van der Waals surface area contributed by atoms with Crippen LogP contribution in [-0.4, -0.2) is 16.9 Å². The summed E-state index contributed by atoms with van der Waals surface area (Å²) in [4.78, 5) is 22.1. The Labute approximate surface area is 109 Å². The first kappa shape index (κ1) is 14.7. The standard InChI is InChI=1S/C15H22O3/c1-10(7-14(17)18)5-6-13-11(2)8-12(16)9-15(13,3)4/h7-8,13H,5-6,9H2,1-4H3,(H,17,18)/b10-7+. The van der Waals surface area contributed by atoms with Crippen LogP contribution in [0.1, 0.15) is 47.0 Å². The van der Waals surface area contributed by atoms with Gasteiger partial charge in [0.2, 0.25) is 0 Å². The molecule has 0 bridgehead atoms. The molecule has 0 spiro atoms. The van der Waals surface area contributed by atoms with Gasteiger partial charge in [-0.1, -0.05) is 25.0 Å². The second kappa shape index (κ2) is 5.51. The van der Waals surface area contributed by atoms with Crippen molar-refractivity contribution < 1.29 is 14.7 Å². The van der Waals surface area contributed by atoms with E-state index in [1.807, 2.05) is 13.8 Å². The molecule has 1 N–H and O–H groups in total. The van der Waals surface area contributed by atoms with Crippen LogP contribution in [0.4, 0.5) is 0 Å². The van der Waals surface area contributed by atoms with E-state index < -0.39 is 5.97 Å². The van der Waals surface area contributed by atoms with Crippen molar-refractivity contribution >= 4 is 11.8 Å². The summed E-state index contributed by atoms with van der Waals surface area (Å²) in [5, 5.41) is 8.68. The molecule has 3 nitrogen and oxygen atoms in total. The molecule has 0 amide bonds. The third-order valence-electron chi connectivity index (χ3n) is 3.71. The molecule has 18 heavy (non-hydrogen) atoms. The van der Waals surface area contributed by atoms with Crippen LogP contribution in [0.2, 0.25) is 0 Å². The molecular weight excluding hydrogens is 228 g/mol. The highest BCUT2D eigenvalue weighted by Crippen LogP contribution is 2.42. The topological polar surface area (TPSA) is 54.4 Å². The van der Waals surface area contributed by atoms with Gasteiger partial charge in [0, 0.05) is 12.5 Å². The van der Waals surface area contributed by atoms with E-state index in [0.29, 0.717) is 12.3 Å². The number of carbonyl (C=O) groups excluding carboxylic acids is 1. The van der Waals surface area contributed by atoms with Gasteiger partial charge in [0.15, 0.2) is 5.78 Å². The fourth-order valence-electron chi connectivity index (χ4n) is 2.87. The van der Waals surface area contributed by atoms with E-state index in [9.17, 15) is 9.59 Å². The Balaban J connectivity index is 2.74. The first-order chi connectivity index (χ1) is 8.22. The normalized spacial score (nSPS) is 23.8. The van der Waals surface area contributed by atoms with Crippen LogP contribution in [0.3, 0.4) is 0 Å². The van der Waals surface area contributed by atoms with Gasteiger partial charge in [-0.3, -0.25) is 4.79 Å². The van der Waals surface area contributed by atoms with Crippen LogP contribution >= 0.6 is 0 Å². The monoisotopic (exact) mass is 250 g/mol. The average molecular weight is 250 g/mol. The van der Waals surface area contributed by atoms with Gasteiger partial charge in [0.05, 0.1) is 0 Å². The summed E-state index contributed by atoms with van der Waals surface area (Å²) in [5.41, 5.74) is 1.97. The minimum atomic E-state index is -0.891. The molecule has 0 aromatic rings. The highest BCUT2D eigenvalue weighted by Gasteiger charge is 2.35. The quantitative estimate of drug-likeness (QED) is 0.778. The van der Waals surface area contributed by atoms with E-state index in [1.54, 1.807) is 6.08 Å². The molecule has 1 aliphatic rings. The predicted molar refractivity (Wildman–Crippen MR) is 71.3 cm³/mol. The fourth-order valence-corrected chi connectivity index (χ4v) is 2.87. The molecule has 0 aromatic carbocycles. The summed E-state index contributed by atoms with van der Waals surface area (Å²) in [7, 11) is 0. The number of carboxylic acid groups (broad SMARTS) is 1. The Morgan fingerprint density at radius 3 is 2.67 bits per heavy atom. The molecular formula is C15H22O3. The Bertz CT molecular complexity index is 413. The van der Waals surface area contributed by atoms with Crippen molar-refractivity contribution in [2.45, 2.75) is 47.0 Å². The number of carboxylic acids is 1. The largest absolute Gasteiger partial charge is 0.478 e. The van der Waals surface area contributed by atoms with Crippen LogP contribution in [0.5, 0.6) is 0 Å². The third-order valence-corrected chi connectivity index (χ3v) is 3.71. The Morgan fingerprint density at radius 1 is 1.56 bits per heavy atom.